The van der Waals surface area contributed by atoms with E-state index in [0.29, 0.717) is 18.5 Å². The van der Waals surface area contributed by atoms with Crippen LogP contribution in [0.1, 0.15) is 39.7 Å². The third-order valence-corrected chi connectivity index (χ3v) is 3.21. The summed E-state index contributed by atoms with van der Waals surface area (Å²) in [7, 11) is 1.79. The summed E-state index contributed by atoms with van der Waals surface area (Å²) in [6.45, 7) is 10.0. The van der Waals surface area contributed by atoms with Gasteiger partial charge in [-0.05, 0) is 25.3 Å². The maximum Gasteiger partial charge on any atom is 0.191 e. The van der Waals surface area contributed by atoms with Crippen LogP contribution in [0.2, 0.25) is 0 Å². The van der Waals surface area contributed by atoms with Gasteiger partial charge in [0, 0.05) is 25.2 Å². The van der Waals surface area contributed by atoms with Crippen LogP contribution in [-0.4, -0.2) is 25.7 Å². The number of hydrogen-bond donors (Lipinski definition) is 2. The number of nitrogens with one attached hydrogen (secondary N) is 2. The standard InChI is InChI=1S/C17H29N3O.HI/c1-6-14(4)20-17(18-5)19-11-15-9-7-8-10-16(15)21-12-13(2)3;/h7-10,13-14H,6,11-12H2,1-5H3,(H2,18,19,20);1H. The molecular weight excluding hydrogens is 389 g/mol. The van der Waals surface area contributed by atoms with Gasteiger partial charge in [0.25, 0.3) is 0 Å². The van der Waals surface area contributed by atoms with Crippen LogP contribution in [0.15, 0.2) is 29.3 Å². The van der Waals surface area contributed by atoms with Crippen LogP contribution in [0.3, 0.4) is 0 Å². The van der Waals surface area contributed by atoms with Crippen LogP contribution >= 0.6 is 24.0 Å². The van der Waals surface area contributed by atoms with Crippen molar-refractivity contribution in [1.82, 2.24) is 10.6 Å². The van der Waals surface area contributed by atoms with E-state index in [4.69, 9.17) is 4.74 Å². The molecule has 22 heavy (non-hydrogen) atoms. The highest BCUT2D eigenvalue weighted by Crippen LogP contribution is 2.18. The Bertz CT molecular complexity index is 449. The number of benzene rings is 1. The second-order valence-corrected chi connectivity index (χ2v) is 5.69. The second kappa shape index (κ2) is 11.6. The quantitative estimate of drug-likeness (QED) is 0.402. The summed E-state index contributed by atoms with van der Waals surface area (Å²) in [6, 6.07) is 8.54. The van der Waals surface area contributed by atoms with Gasteiger partial charge in [-0.2, -0.15) is 0 Å². The van der Waals surface area contributed by atoms with Gasteiger partial charge in [-0.25, -0.2) is 0 Å². The molecular formula is C17H30IN3O. The molecule has 0 bridgehead atoms. The number of para-hydroxylation sites is 1. The Balaban J connectivity index is 0.00000441. The molecule has 0 heterocycles. The van der Waals surface area contributed by atoms with E-state index in [0.717, 1.165) is 30.3 Å². The van der Waals surface area contributed by atoms with Crippen molar-refractivity contribution in [2.24, 2.45) is 10.9 Å². The van der Waals surface area contributed by atoms with E-state index in [9.17, 15) is 0 Å². The zero-order valence-electron chi connectivity index (χ0n) is 14.3. The predicted molar refractivity (Wildman–Crippen MR) is 105 cm³/mol. The molecule has 0 aromatic heterocycles. The Labute approximate surface area is 152 Å². The summed E-state index contributed by atoms with van der Waals surface area (Å²) in [5, 5.41) is 6.69. The fourth-order valence-electron chi connectivity index (χ4n) is 1.76. The number of halogens is 1. The van der Waals surface area contributed by atoms with Crippen molar-refractivity contribution < 1.29 is 4.74 Å². The molecule has 1 unspecified atom stereocenters. The van der Waals surface area contributed by atoms with Crippen LogP contribution in [0.4, 0.5) is 0 Å². The molecule has 126 valence electrons. The molecule has 4 nitrogen and oxygen atoms in total. The average Bonchev–Trinajstić information content (AvgIpc) is 2.49. The topological polar surface area (TPSA) is 45.7 Å². The number of nitrogens with zero attached hydrogens (tertiary/aromatic N) is 1. The van der Waals surface area contributed by atoms with Gasteiger partial charge in [-0.15, -0.1) is 24.0 Å². The van der Waals surface area contributed by atoms with Gasteiger partial charge in [-0.3, -0.25) is 4.99 Å². The highest BCUT2D eigenvalue weighted by atomic mass is 127. The number of hydrogen-bond acceptors (Lipinski definition) is 2. The van der Waals surface area contributed by atoms with Crippen LogP contribution in [0.25, 0.3) is 0 Å². The van der Waals surface area contributed by atoms with Crippen molar-refractivity contribution in [2.75, 3.05) is 13.7 Å². The number of rotatable bonds is 7. The third kappa shape index (κ3) is 7.87. The van der Waals surface area contributed by atoms with E-state index in [-0.39, 0.29) is 24.0 Å². The Kier molecular flexibility index (Phi) is 11.1. The molecule has 5 heteroatoms. The second-order valence-electron chi connectivity index (χ2n) is 5.69. The van der Waals surface area contributed by atoms with Crippen molar-refractivity contribution >= 4 is 29.9 Å². The van der Waals surface area contributed by atoms with E-state index < -0.39 is 0 Å². The van der Waals surface area contributed by atoms with Gasteiger partial charge >= 0.3 is 0 Å². The molecule has 0 aliphatic carbocycles. The molecule has 0 aliphatic rings. The van der Waals surface area contributed by atoms with Gasteiger partial charge < -0.3 is 15.4 Å². The highest BCUT2D eigenvalue weighted by Gasteiger charge is 2.06. The van der Waals surface area contributed by atoms with Crippen molar-refractivity contribution in [3.05, 3.63) is 29.8 Å². The van der Waals surface area contributed by atoms with E-state index in [1.807, 2.05) is 18.2 Å². The zero-order chi connectivity index (χ0) is 15.7. The Morgan fingerprint density at radius 2 is 1.91 bits per heavy atom. The number of aliphatic imine (C=N–C) groups is 1. The Morgan fingerprint density at radius 3 is 2.50 bits per heavy atom. The first-order valence-corrected chi connectivity index (χ1v) is 7.74. The van der Waals surface area contributed by atoms with Crippen LogP contribution in [0, 0.1) is 5.92 Å². The van der Waals surface area contributed by atoms with Crippen LogP contribution in [0.5, 0.6) is 5.75 Å². The fraction of sp³-hybridized carbons (Fsp3) is 0.588. The molecule has 1 atom stereocenters. The predicted octanol–water partition coefficient (Wildman–Crippen LogP) is 3.80. The van der Waals surface area contributed by atoms with Crippen molar-refractivity contribution in [3.63, 3.8) is 0 Å². The third-order valence-electron chi connectivity index (χ3n) is 3.21. The molecule has 0 spiro atoms. The first-order valence-electron chi connectivity index (χ1n) is 7.74. The fourth-order valence-corrected chi connectivity index (χ4v) is 1.76. The van der Waals surface area contributed by atoms with E-state index >= 15 is 0 Å². The van der Waals surface area contributed by atoms with Crippen LogP contribution in [-0.2, 0) is 6.54 Å². The summed E-state index contributed by atoms with van der Waals surface area (Å²) in [4.78, 5) is 4.25. The minimum Gasteiger partial charge on any atom is -0.493 e. The normalized spacial score (nSPS) is 12.5. The highest BCUT2D eigenvalue weighted by molar-refractivity contribution is 14.0. The average molecular weight is 419 g/mol. The monoisotopic (exact) mass is 419 g/mol. The lowest BCUT2D eigenvalue weighted by atomic mass is 10.2. The van der Waals surface area contributed by atoms with Crippen LogP contribution < -0.4 is 15.4 Å². The summed E-state index contributed by atoms with van der Waals surface area (Å²) >= 11 is 0. The van der Waals surface area contributed by atoms with E-state index in [2.05, 4.69) is 49.4 Å². The molecule has 0 saturated heterocycles. The largest absolute Gasteiger partial charge is 0.493 e. The molecule has 2 N–H and O–H groups in total. The van der Waals surface area contributed by atoms with Crippen molar-refractivity contribution in [1.29, 1.82) is 0 Å². The minimum absolute atomic E-state index is 0. The number of guanidine groups is 1. The maximum atomic E-state index is 5.87. The molecule has 1 aromatic carbocycles. The van der Waals surface area contributed by atoms with Crippen molar-refractivity contribution in [2.45, 2.75) is 46.7 Å². The zero-order valence-corrected chi connectivity index (χ0v) is 16.7. The van der Waals surface area contributed by atoms with Crippen molar-refractivity contribution in [3.8, 4) is 5.75 Å². The lowest BCUT2D eigenvalue weighted by Crippen LogP contribution is -2.41. The molecule has 0 aliphatic heterocycles. The lowest BCUT2D eigenvalue weighted by molar-refractivity contribution is 0.268. The molecule has 0 amide bonds. The Morgan fingerprint density at radius 1 is 1.23 bits per heavy atom. The van der Waals surface area contributed by atoms with Gasteiger partial charge in [0.1, 0.15) is 5.75 Å². The summed E-state index contributed by atoms with van der Waals surface area (Å²) in [6.07, 6.45) is 1.06. The summed E-state index contributed by atoms with van der Waals surface area (Å²) in [5.41, 5.74) is 1.14. The smallest absolute Gasteiger partial charge is 0.191 e. The first-order chi connectivity index (χ1) is 10.1. The van der Waals surface area contributed by atoms with E-state index in [1.54, 1.807) is 7.05 Å². The minimum atomic E-state index is 0. The van der Waals surface area contributed by atoms with Gasteiger partial charge in [0.05, 0.1) is 6.61 Å². The SMILES string of the molecule is CCC(C)NC(=NC)NCc1ccccc1OCC(C)C.I. The van der Waals surface area contributed by atoms with Gasteiger partial charge in [-0.1, -0.05) is 39.0 Å². The molecule has 1 aromatic rings. The maximum absolute atomic E-state index is 5.87. The molecule has 0 saturated carbocycles. The Hall–Kier alpha value is -0.980. The lowest BCUT2D eigenvalue weighted by Gasteiger charge is -2.18. The van der Waals surface area contributed by atoms with Gasteiger partial charge in [0.2, 0.25) is 0 Å². The molecule has 0 radical (unpaired) electrons. The molecule has 1 rings (SSSR count). The summed E-state index contributed by atoms with van der Waals surface area (Å²) in [5.74, 6) is 2.28. The molecule has 0 fully saturated rings. The van der Waals surface area contributed by atoms with Gasteiger partial charge in [0.15, 0.2) is 5.96 Å². The van der Waals surface area contributed by atoms with E-state index in [1.165, 1.54) is 0 Å². The first kappa shape index (κ1) is 21.0. The summed E-state index contributed by atoms with van der Waals surface area (Å²) < 4.78 is 5.87. The number of ether oxygens (including phenoxy) is 1.